The van der Waals surface area contributed by atoms with Crippen molar-refractivity contribution in [1.29, 1.82) is 0 Å². The van der Waals surface area contributed by atoms with E-state index in [1.54, 1.807) is 0 Å². The Morgan fingerprint density at radius 1 is 1.38 bits per heavy atom. The van der Waals surface area contributed by atoms with Gasteiger partial charge < -0.3 is 4.42 Å². The molecule has 3 heteroatoms. The van der Waals surface area contributed by atoms with E-state index in [1.807, 2.05) is 18.0 Å². The molecule has 0 saturated carbocycles. The zero-order valence-electron chi connectivity index (χ0n) is 8.38. The van der Waals surface area contributed by atoms with Gasteiger partial charge in [-0.05, 0) is 12.2 Å². The van der Waals surface area contributed by atoms with Crippen LogP contribution < -0.4 is 0 Å². The van der Waals surface area contributed by atoms with Crippen LogP contribution in [0, 0.1) is 0 Å². The zero-order valence-corrected chi connectivity index (χ0v) is 9.19. The Labute approximate surface area is 84.1 Å². The summed E-state index contributed by atoms with van der Waals surface area (Å²) in [6.45, 7) is 4.28. The summed E-state index contributed by atoms with van der Waals surface area (Å²) in [5, 5.41) is 0. The van der Waals surface area contributed by atoms with Gasteiger partial charge in [-0.2, -0.15) is 11.8 Å². The summed E-state index contributed by atoms with van der Waals surface area (Å²) in [7, 11) is 0. The highest BCUT2D eigenvalue weighted by atomic mass is 32.2. The topological polar surface area (TPSA) is 26.0 Å². The maximum Gasteiger partial charge on any atom is 0.195 e. The van der Waals surface area contributed by atoms with E-state index < -0.39 is 0 Å². The molecule has 0 fully saturated rings. The second kappa shape index (κ2) is 6.08. The summed E-state index contributed by atoms with van der Waals surface area (Å²) in [6, 6.07) is 0. The molecular formula is C10H17NOS. The van der Waals surface area contributed by atoms with Crippen LogP contribution in [-0.2, 0) is 12.8 Å². The average Bonchev–Trinajstić information content (AvgIpc) is 2.60. The van der Waals surface area contributed by atoms with Gasteiger partial charge in [0.25, 0.3) is 0 Å². The second-order valence-corrected chi connectivity index (χ2v) is 4.16. The van der Waals surface area contributed by atoms with Crippen LogP contribution in [0.2, 0.25) is 0 Å². The van der Waals surface area contributed by atoms with Crippen LogP contribution >= 0.6 is 11.8 Å². The lowest BCUT2D eigenvalue weighted by atomic mass is 10.4. The van der Waals surface area contributed by atoms with Crippen molar-refractivity contribution in [2.45, 2.75) is 33.1 Å². The molecular weight excluding hydrogens is 182 g/mol. The molecule has 0 aliphatic rings. The van der Waals surface area contributed by atoms with Gasteiger partial charge in [-0.1, -0.05) is 13.8 Å². The maximum atomic E-state index is 5.49. The highest BCUT2D eigenvalue weighted by Crippen LogP contribution is 2.09. The van der Waals surface area contributed by atoms with Crippen molar-refractivity contribution in [2.75, 3.05) is 11.5 Å². The fraction of sp³-hybridized carbons (Fsp3) is 0.700. The molecule has 1 rings (SSSR count). The normalized spacial score (nSPS) is 10.6. The standard InChI is InChI=1S/C10H17NOS/c1-3-6-13-7-5-10-11-8-9(4-2)12-10/h8H,3-7H2,1-2H3. The third-order valence-electron chi connectivity index (χ3n) is 1.76. The molecule has 2 nitrogen and oxygen atoms in total. The Morgan fingerprint density at radius 2 is 2.23 bits per heavy atom. The first-order valence-corrected chi connectivity index (χ1v) is 6.03. The summed E-state index contributed by atoms with van der Waals surface area (Å²) in [4.78, 5) is 4.20. The van der Waals surface area contributed by atoms with Crippen LogP contribution in [0.15, 0.2) is 10.6 Å². The van der Waals surface area contributed by atoms with Gasteiger partial charge in [-0.15, -0.1) is 0 Å². The number of nitrogens with zero attached hydrogens (tertiary/aromatic N) is 1. The molecule has 0 amide bonds. The first-order chi connectivity index (χ1) is 6.36. The summed E-state index contributed by atoms with van der Waals surface area (Å²) in [5.41, 5.74) is 0. The predicted molar refractivity (Wildman–Crippen MR) is 57.2 cm³/mol. The highest BCUT2D eigenvalue weighted by molar-refractivity contribution is 7.99. The van der Waals surface area contributed by atoms with Crippen LogP contribution in [-0.4, -0.2) is 16.5 Å². The Morgan fingerprint density at radius 3 is 2.85 bits per heavy atom. The first kappa shape index (κ1) is 10.6. The molecule has 0 aliphatic carbocycles. The minimum Gasteiger partial charge on any atom is -0.446 e. The number of oxazole rings is 1. The van der Waals surface area contributed by atoms with Crippen LogP contribution in [0.4, 0.5) is 0 Å². The number of rotatable bonds is 6. The third kappa shape index (κ3) is 3.85. The van der Waals surface area contributed by atoms with Crippen molar-refractivity contribution < 1.29 is 4.42 Å². The van der Waals surface area contributed by atoms with Crippen molar-refractivity contribution >= 4 is 11.8 Å². The van der Waals surface area contributed by atoms with Crippen LogP contribution in [0.3, 0.4) is 0 Å². The van der Waals surface area contributed by atoms with E-state index in [2.05, 4.69) is 18.8 Å². The van der Waals surface area contributed by atoms with Crippen molar-refractivity contribution in [3.05, 3.63) is 17.8 Å². The van der Waals surface area contributed by atoms with E-state index in [9.17, 15) is 0 Å². The number of hydrogen-bond donors (Lipinski definition) is 0. The summed E-state index contributed by atoms with van der Waals surface area (Å²) in [6.07, 6.45) is 4.98. The molecule has 0 aromatic carbocycles. The molecule has 1 aromatic rings. The Hall–Kier alpha value is -0.440. The number of hydrogen-bond acceptors (Lipinski definition) is 3. The van der Waals surface area contributed by atoms with Crippen LogP contribution in [0.5, 0.6) is 0 Å². The van der Waals surface area contributed by atoms with E-state index >= 15 is 0 Å². The molecule has 0 N–H and O–H groups in total. The van der Waals surface area contributed by atoms with Crippen LogP contribution in [0.1, 0.15) is 31.9 Å². The molecule has 1 heterocycles. The van der Waals surface area contributed by atoms with E-state index in [0.717, 1.165) is 30.2 Å². The van der Waals surface area contributed by atoms with Gasteiger partial charge in [0.1, 0.15) is 5.76 Å². The Kier molecular flexibility index (Phi) is 4.98. The lowest BCUT2D eigenvalue weighted by Crippen LogP contribution is -1.89. The summed E-state index contributed by atoms with van der Waals surface area (Å²) < 4.78 is 5.49. The average molecular weight is 199 g/mol. The molecule has 0 bridgehead atoms. The summed E-state index contributed by atoms with van der Waals surface area (Å²) >= 11 is 1.96. The molecule has 0 aliphatic heterocycles. The minimum atomic E-state index is 0.889. The Balaban J connectivity index is 2.20. The molecule has 13 heavy (non-hydrogen) atoms. The van der Waals surface area contributed by atoms with Gasteiger partial charge >= 0.3 is 0 Å². The number of aromatic nitrogens is 1. The molecule has 0 radical (unpaired) electrons. The predicted octanol–water partition coefficient (Wildman–Crippen LogP) is 2.92. The highest BCUT2D eigenvalue weighted by Gasteiger charge is 2.01. The van der Waals surface area contributed by atoms with Crippen molar-refractivity contribution in [2.24, 2.45) is 0 Å². The van der Waals surface area contributed by atoms with E-state index in [4.69, 9.17) is 4.42 Å². The lowest BCUT2D eigenvalue weighted by molar-refractivity contribution is 0.465. The molecule has 0 unspecified atom stereocenters. The van der Waals surface area contributed by atoms with Crippen molar-refractivity contribution in [1.82, 2.24) is 4.98 Å². The largest absolute Gasteiger partial charge is 0.446 e. The fourth-order valence-electron chi connectivity index (χ4n) is 1.03. The van der Waals surface area contributed by atoms with Gasteiger partial charge in [0.05, 0.1) is 6.20 Å². The van der Waals surface area contributed by atoms with Gasteiger partial charge in [0, 0.05) is 18.6 Å². The maximum absolute atomic E-state index is 5.49. The quantitative estimate of drug-likeness (QED) is 0.659. The van der Waals surface area contributed by atoms with Crippen LogP contribution in [0.25, 0.3) is 0 Å². The molecule has 74 valence electrons. The summed E-state index contributed by atoms with van der Waals surface area (Å²) in [5.74, 6) is 4.25. The van der Waals surface area contributed by atoms with Gasteiger partial charge in [0.15, 0.2) is 5.89 Å². The minimum absolute atomic E-state index is 0.889. The first-order valence-electron chi connectivity index (χ1n) is 4.88. The van der Waals surface area contributed by atoms with Gasteiger partial charge in [0.2, 0.25) is 0 Å². The van der Waals surface area contributed by atoms with Gasteiger partial charge in [-0.25, -0.2) is 4.98 Å². The molecule has 0 saturated heterocycles. The zero-order chi connectivity index (χ0) is 9.52. The van der Waals surface area contributed by atoms with Gasteiger partial charge in [-0.3, -0.25) is 0 Å². The fourth-order valence-corrected chi connectivity index (χ4v) is 1.84. The monoisotopic (exact) mass is 199 g/mol. The Bertz CT molecular complexity index is 235. The van der Waals surface area contributed by atoms with E-state index in [1.165, 1.54) is 12.2 Å². The van der Waals surface area contributed by atoms with E-state index in [0.29, 0.717) is 0 Å². The second-order valence-electron chi connectivity index (χ2n) is 2.94. The lowest BCUT2D eigenvalue weighted by Gasteiger charge is -1.95. The number of thioether (sulfide) groups is 1. The molecule has 0 spiro atoms. The van der Waals surface area contributed by atoms with Crippen molar-refractivity contribution in [3.63, 3.8) is 0 Å². The molecule has 0 atom stereocenters. The third-order valence-corrected chi connectivity index (χ3v) is 2.95. The van der Waals surface area contributed by atoms with Crippen molar-refractivity contribution in [3.8, 4) is 0 Å². The SMILES string of the molecule is CCCSCCc1ncc(CC)o1. The smallest absolute Gasteiger partial charge is 0.195 e. The van der Waals surface area contributed by atoms with E-state index in [-0.39, 0.29) is 0 Å². The molecule has 1 aromatic heterocycles. The number of aryl methyl sites for hydroxylation is 2.